The van der Waals surface area contributed by atoms with Crippen LogP contribution in [0.2, 0.25) is 0 Å². The van der Waals surface area contributed by atoms with Crippen molar-refractivity contribution in [2.75, 3.05) is 13.2 Å². The summed E-state index contributed by atoms with van der Waals surface area (Å²) in [5.74, 6) is 1.54. The fraction of sp³-hybridized carbons (Fsp3) is 0.409. The number of carbonyl (C=O) groups is 1. The van der Waals surface area contributed by atoms with Gasteiger partial charge in [-0.05, 0) is 67.8 Å². The highest BCUT2D eigenvalue weighted by atomic mass is 16.7. The molecule has 1 aliphatic rings. The van der Waals surface area contributed by atoms with Gasteiger partial charge in [-0.1, -0.05) is 13.3 Å². The van der Waals surface area contributed by atoms with Gasteiger partial charge in [0.2, 0.25) is 0 Å². The lowest BCUT2D eigenvalue weighted by molar-refractivity contribution is -0.105. The maximum Gasteiger partial charge on any atom is 0.343 e. The van der Waals surface area contributed by atoms with Crippen molar-refractivity contribution in [2.45, 2.75) is 45.3 Å². The molecule has 27 heavy (non-hydrogen) atoms. The highest BCUT2D eigenvalue weighted by Crippen LogP contribution is 2.22. The zero-order chi connectivity index (χ0) is 18.9. The molecule has 5 heteroatoms. The van der Waals surface area contributed by atoms with Gasteiger partial charge in [-0.2, -0.15) is 0 Å². The molecule has 1 aliphatic heterocycles. The molecule has 1 heterocycles. The Morgan fingerprint density at radius 3 is 2.37 bits per heavy atom. The van der Waals surface area contributed by atoms with Crippen molar-refractivity contribution in [1.82, 2.24) is 0 Å². The van der Waals surface area contributed by atoms with E-state index in [2.05, 4.69) is 6.92 Å². The molecule has 2 aromatic rings. The zero-order valence-electron chi connectivity index (χ0n) is 15.7. The second-order valence-electron chi connectivity index (χ2n) is 6.50. The Kier molecular flexibility index (Phi) is 7.11. The van der Waals surface area contributed by atoms with Crippen LogP contribution < -0.4 is 14.2 Å². The number of hydrogen-bond acceptors (Lipinski definition) is 5. The van der Waals surface area contributed by atoms with Crippen molar-refractivity contribution < 1.29 is 23.7 Å². The molecular formula is C22H26O5. The third-order valence-corrected chi connectivity index (χ3v) is 4.30. The van der Waals surface area contributed by atoms with E-state index in [0.717, 1.165) is 44.5 Å². The average molecular weight is 370 g/mol. The minimum atomic E-state index is -0.407. The molecule has 1 fully saturated rings. The molecule has 1 atom stereocenters. The van der Waals surface area contributed by atoms with E-state index in [1.165, 1.54) is 0 Å². The fourth-order valence-electron chi connectivity index (χ4n) is 2.73. The summed E-state index contributed by atoms with van der Waals surface area (Å²) >= 11 is 0. The molecule has 0 radical (unpaired) electrons. The predicted octanol–water partition coefficient (Wildman–Crippen LogP) is 4.99. The number of ether oxygens (including phenoxy) is 4. The molecule has 0 aliphatic carbocycles. The van der Waals surface area contributed by atoms with Gasteiger partial charge in [-0.15, -0.1) is 0 Å². The summed E-state index contributed by atoms with van der Waals surface area (Å²) in [5, 5.41) is 0. The Bertz CT molecular complexity index is 702. The number of rotatable bonds is 8. The Balaban J connectivity index is 1.51. The molecule has 2 aromatic carbocycles. The van der Waals surface area contributed by atoms with Gasteiger partial charge in [0.05, 0.1) is 18.8 Å². The van der Waals surface area contributed by atoms with E-state index >= 15 is 0 Å². The molecule has 0 saturated carbocycles. The van der Waals surface area contributed by atoms with E-state index in [4.69, 9.17) is 18.9 Å². The fourth-order valence-corrected chi connectivity index (χ4v) is 2.73. The van der Waals surface area contributed by atoms with Crippen LogP contribution in [0.3, 0.4) is 0 Å². The van der Waals surface area contributed by atoms with Gasteiger partial charge in [0.25, 0.3) is 0 Å². The maximum absolute atomic E-state index is 12.3. The summed E-state index contributed by atoms with van der Waals surface area (Å²) in [6.07, 6.45) is 4.99. The first-order chi connectivity index (χ1) is 13.2. The first kappa shape index (κ1) is 19.2. The lowest BCUT2D eigenvalue weighted by Crippen LogP contribution is -2.24. The first-order valence-corrected chi connectivity index (χ1v) is 9.58. The van der Waals surface area contributed by atoms with Crippen molar-refractivity contribution >= 4 is 5.97 Å². The molecule has 0 N–H and O–H groups in total. The molecule has 5 nitrogen and oxygen atoms in total. The summed E-state index contributed by atoms with van der Waals surface area (Å²) in [6, 6.07) is 14.0. The van der Waals surface area contributed by atoms with Gasteiger partial charge in [0.15, 0.2) is 6.29 Å². The molecule has 1 unspecified atom stereocenters. The third-order valence-electron chi connectivity index (χ3n) is 4.30. The minimum Gasteiger partial charge on any atom is -0.494 e. The van der Waals surface area contributed by atoms with Crippen LogP contribution in [0.5, 0.6) is 17.2 Å². The van der Waals surface area contributed by atoms with Gasteiger partial charge in [0.1, 0.15) is 17.2 Å². The Hall–Kier alpha value is -2.53. The number of carbonyl (C=O) groups excluding carboxylic acids is 1. The summed E-state index contributed by atoms with van der Waals surface area (Å²) in [7, 11) is 0. The van der Waals surface area contributed by atoms with Crippen LogP contribution in [0.4, 0.5) is 0 Å². The summed E-state index contributed by atoms with van der Waals surface area (Å²) in [6.45, 7) is 3.54. The molecule has 0 bridgehead atoms. The van der Waals surface area contributed by atoms with Gasteiger partial charge >= 0.3 is 5.97 Å². The monoisotopic (exact) mass is 370 g/mol. The number of benzene rings is 2. The zero-order valence-corrected chi connectivity index (χ0v) is 15.7. The normalized spacial score (nSPS) is 16.6. The molecular weight excluding hydrogens is 344 g/mol. The van der Waals surface area contributed by atoms with Crippen LogP contribution in [-0.2, 0) is 4.74 Å². The second-order valence-corrected chi connectivity index (χ2v) is 6.50. The Morgan fingerprint density at radius 2 is 1.70 bits per heavy atom. The Morgan fingerprint density at radius 1 is 1.00 bits per heavy atom. The van der Waals surface area contributed by atoms with Crippen LogP contribution in [0.15, 0.2) is 48.5 Å². The van der Waals surface area contributed by atoms with Crippen molar-refractivity contribution in [3.05, 3.63) is 54.1 Å². The van der Waals surface area contributed by atoms with Gasteiger partial charge in [-0.3, -0.25) is 0 Å². The van der Waals surface area contributed by atoms with Crippen molar-refractivity contribution in [3.63, 3.8) is 0 Å². The van der Waals surface area contributed by atoms with E-state index in [0.29, 0.717) is 23.7 Å². The smallest absolute Gasteiger partial charge is 0.343 e. The average Bonchev–Trinajstić information content (AvgIpc) is 2.71. The first-order valence-electron chi connectivity index (χ1n) is 9.58. The van der Waals surface area contributed by atoms with Crippen LogP contribution in [0, 0.1) is 0 Å². The lowest BCUT2D eigenvalue weighted by atomic mass is 10.2. The van der Waals surface area contributed by atoms with Crippen LogP contribution >= 0.6 is 0 Å². The highest BCUT2D eigenvalue weighted by Gasteiger charge is 2.15. The molecule has 1 saturated heterocycles. The molecule has 0 aromatic heterocycles. The molecule has 0 amide bonds. The number of hydrogen-bond donors (Lipinski definition) is 0. The van der Waals surface area contributed by atoms with Crippen molar-refractivity contribution in [3.8, 4) is 17.2 Å². The van der Waals surface area contributed by atoms with E-state index in [9.17, 15) is 4.79 Å². The highest BCUT2D eigenvalue weighted by molar-refractivity contribution is 5.91. The maximum atomic E-state index is 12.3. The van der Waals surface area contributed by atoms with E-state index in [1.54, 1.807) is 48.5 Å². The third kappa shape index (κ3) is 6.00. The second kappa shape index (κ2) is 9.97. The lowest BCUT2D eigenvalue weighted by Gasteiger charge is -2.23. The number of unbranched alkanes of at least 4 members (excludes halogenated alkanes) is 1. The predicted molar refractivity (Wildman–Crippen MR) is 102 cm³/mol. The molecule has 0 spiro atoms. The largest absolute Gasteiger partial charge is 0.494 e. The summed E-state index contributed by atoms with van der Waals surface area (Å²) < 4.78 is 22.3. The molecule has 3 rings (SSSR count). The standard InChI is InChI=1S/C22H26O5/c1-2-3-15-24-18-11-13-20(14-12-18)27-22(23)17-7-9-19(10-8-17)26-21-6-4-5-16-25-21/h7-14,21H,2-6,15-16H2,1H3. The van der Waals surface area contributed by atoms with Crippen LogP contribution in [-0.4, -0.2) is 25.5 Å². The van der Waals surface area contributed by atoms with Gasteiger partial charge in [0, 0.05) is 6.42 Å². The van der Waals surface area contributed by atoms with E-state index in [1.807, 2.05) is 0 Å². The summed E-state index contributed by atoms with van der Waals surface area (Å²) in [5.41, 5.74) is 0.468. The van der Waals surface area contributed by atoms with E-state index in [-0.39, 0.29) is 6.29 Å². The SMILES string of the molecule is CCCCOc1ccc(OC(=O)c2ccc(OC3CCCCO3)cc2)cc1. The van der Waals surface area contributed by atoms with Crippen LogP contribution in [0.1, 0.15) is 49.4 Å². The van der Waals surface area contributed by atoms with E-state index < -0.39 is 5.97 Å². The van der Waals surface area contributed by atoms with Crippen molar-refractivity contribution in [2.24, 2.45) is 0 Å². The minimum absolute atomic E-state index is 0.199. The Labute approximate surface area is 160 Å². The topological polar surface area (TPSA) is 54.0 Å². The molecule has 144 valence electrons. The van der Waals surface area contributed by atoms with Crippen molar-refractivity contribution in [1.29, 1.82) is 0 Å². The van der Waals surface area contributed by atoms with Gasteiger partial charge in [-0.25, -0.2) is 4.79 Å². The number of esters is 1. The summed E-state index contributed by atoms with van der Waals surface area (Å²) in [4.78, 5) is 12.3. The van der Waals surface area contributed by atoms with Crippen LogP contribution in [0.25, 0.3) is 0 Å². The van der Waals surface area contributed by atoms with Gasteiger partial charge < -0.3 is 18.9 Å². The quantitative estimate of drug-likeness (QED) is 0.372.